The molecule has 0 saturated heterocycles. The molecule has 12 heteroatoms. The summed E-state index contributed by atoms with van der Waals surface area (Å²) in [5.41, 5.74) is 10.0. The Bertz CT molecular complexity index is 352. The van der Waals surface area contributed by atoms with E-state index in [2.05, 4.69) is 0 Å². The molecule has 0 aromatic rings. The number of carboxylic acid groups (broad SMARTS) is 4. The summed E-state index contributed by atoms with van der Waals surface area (Å²) in [7, 11) is 0. The zero-order chi connectivity index (χ0) is 19.7. The van der Waals surface area contributed by atoms with Gasteiger partial charge in [-0.25, -0.2) is 0 Å². The van der Waals surface area contributed by atoms with Gasteiger partial charge >= 0.3 is 23.9 Å². The van der Waals surface area contributed by atoms with Crippen LogP contribution in [0.15, 0.2) is 0 Å². The summed E-state index contributed by atoms with van der Waals surface area (Å²) in [5.74, 6) is -4.39. The number of hydrogen-bond acceptors (Lipinski definition) is 8. The molecule has 0 rings (SSSR count). The number of aliphatic carboxylic acids is 4. The van der Waals surface area contributed by atoms with Crippen LogP contribution in [0.25, 0.3) is 0 Å². The lowest BCUT2D eigenvalue weighted by Crippen LogP contribution is -2.30. The van der Waals surface area contributed by atoms with Crippen molar-refractivity contribution in [2.45, 2.75) is 37.8 Å². The molecular weight excluding hydrogens is 332 g/mol. The Morgan fingerprint density at radius 1 is 0.667 bits per heavy atom. The Labute approximate surface area is 137 Å². The van der Waals surface area contributed by atoms with E-state index in [9.17, 15) is 19.2 Å². The first kappa shape index (κ1) is 26.6. The predicted molar refractivity (Wildman–Crippen MR) is 79.1 cm³/mol. The molecule has 0 heterocycles. The van der Waals surface area contributed by atoms with Gasteiger partial charge < -0.3 is 42.1 Å². The second-order valence-electron chi connectivity index (χ2n) is 4.20. The largest absolute Gasteiger partial charge is 0.481 e. The van der Waals surface area contributed by atoms with E-state index in [0.29, 0.717) is 0 Å². The zero-order valence-corrected chi connectivity index (χ0v) is 12.9. The first-order chi connectivity index (χ1) is 11.0. The van der Waals surface area contributed by atoms with Crippen LogP contribution in [0.3, 0.4) is 0 Å². The van der Waals surface area contributed by atoms with Crippen molar-refractivity contribution in [1.82, 2.24) is 0 Å². The lowest BCUT2D eigenvalue weighted by atomic mass is 10.2. The molecule has 0 aromatic carbocycles. The summed E-state index contributed by atoms with van der Waals surface area (Å²) in [5, 5.41) is 47.8. The highest BCUT2D eigenvalue weighted by Gasteiger charge is 2.12. The van der Waals surface area contributed by atoms with Crippen LogP contribution >= 0.6 is 0 Å². The molecule has 0 aromatic heterocycles. The molecule has 24 heavy (non-hydrogen) atoms. The third-order valence-electron chi connectivity index (χ3n) is 2.07. The molecular formula is C12H24N2O10. The van der Waals surface area contributed by atoms with E-state index in [0.717, 1.165) is 0 Å². The van der Waals surface area contributed by atoms with Crippen LogP contribution in [0, 0.1) is 0 Å². The molecule has 10 N–H and O–H groups in total. The Kier molecular flexibility index (Phi) is 18.9. The van der Waals surface area contributed by atoms with Crippen molar-refractivity contribution in [1.29, 1.82) is 0 Å². The molecule has 2 atom stereocenters. The average molecular weight is 356 g/mol. The Morgan fingerprint density at radius 3 is 1.04 bits per heavy atom. The van der Waals surface area contributed by atoms with Crippen molar-refractivity contribution in [3.8, 4) is 0 Å². The minimum atomic E-state index is -1.17. The second kappa shape index (κ2) is 17.1. The van der Waals surface area contributed by atoms with Crippen LogP contribution < -0.4 is 11.5 Å². The topological polar surface area (TPSA) is 242 Å². The SMILES string of the molecule is N[C@@H](CCC(=O)O)C(=O)O.N[C@@H](CCC(=O)O)C(=O)O.OCCO. The van der Waals surface area contributed by atoms with Gasteiger partial charge in [0.25, 0.3) is 0 Å². The van der Waals surface area contributed by atoms with Gasteiger partial charge in [-0.2, -0.15) is 0 Å². The molecule has 0 aliphatic rings. The van der Waals surface area contributed by atoms with E-state index in [-0.39, 0.29) is 38.9 Å². The summed E-state index contributed by atoms with van der Waals surface area (Å²) in [6, 6.07) is -2.12. The van der Waals surface area contributed by atoms with E-state index in [4.69, 9.17) is 42.1 Å². The van der Waals surface area contributed by atoms with E-state index >= 15 is 0 Å². The van der Waals surface area contributed by atoms with Crippen LogP contribution in [0.5, 0.6) is 0 Å². The average Bonchev–Trinajstić information content (AvgIpc) is 2.50. The maximum absolute atomic E-state index is 9.99. The molecule has 0 bridgehead atoms. The fourth-order valence-corrected chi connectivity index (χ4v) is 0.805. The highest BCUT2D eigenvalue weighted by Crippen LogP contribution is 1.94. The van der Waals surface area contributed by atoms with Gasteiger partial charge in [-0.1, -0.05) is 0 Å². The number of aliphatic hydroxyl groups excluding tert-OH is 2. The van der Waals surface area contributed by atoms with Gasteiger partial charge in [-0.3, -0.25) is 19.2 Å². The summed E-state index contributed by atoms with van der Waals surface area (Å²) in [6.07, 6.45) is -0.448. The Balaban J connectivity index is -0.000000301. The quantitative estimate of drug-likeness (QED) is 0.214. The van der Waals surface area contributed by atoms with Crippen molar-refractivity contribution in [3.63, 3.8) is 0 Å². The summed E-state index contributed by atoms with van der Waals surface area (Å²) < 4.78 is 0. The summed E-state index contributed by atoms with van der Waals surface area (Å²) in [6.45, 7) is -0.250. The van der Waals surface area contributed by atoms with E-state index in [1.54, 1.807) is 0 Å². The number of nitrogens with two attached hydrogens (primary N) is 2. The summed E-state index contributed by atoms with van der Waals surface area (Å²) in [4.78, 5) is 39.7. The molecule has 12 nitrogen and oxygen atoms in total. The maximum Gasteiger partial charge on any atom is 0.320 e. The number of rotatable bonds is 9. The molecule has 0 fully saturated rings. The van der Waals surface area contributed by atoms with Crippen LogP contribution in [-0.2, 0) is 19.2 Å². The third kappa shape index (κ3) is 24.7. The smallest absolute Gasteiger partial charge is 0.320 e. The van der Waals surface area contributed by atoms with Gasteiger partial charge in [-0.05, 0) is 12.8 Å². The Hall–Kier alpha value is -2.28. The molecule has 0 aliphatic heterocycles. The second-order valence-corrected chi connectivity index (χ2v) is 4.20. The first-order valence-corrected chi connectivity index (χ1v) is 6.61. The van der Waals surface area contributed by atoms with Crippen LogP contribution in [0.4, 0.5) is 0 Å². The zero-order valence-electron chi connectivity index (χ0n) is 12.9. The standard InChI is InChI=1S/2C5H9NO4.C2H6O2/c2*6-3(5(9)10)1-2-4(7)8;3-1-2-4/h2*3H,1-2,6H2,(H,7,8)(H,9,10);3-4H,1-2H2/t2*3-;/m00./s1. The normalized spacial score (nSPS) is 11.7. The minimum Gasteiger partial charge on any atom is -0.481 e. The fourth-order valence-electron chi connectivity index (χ4n) is 0.805. The molecule has 0 aliphatic carbocycles. The number of aliphatic hydroxyl groups is 2. The number of hydrogen-bond donors (Lipinski definition) is 8. The lowest BCUT2D eigenvalue weighted by Gasteiger charge is -2.01. The first-order valence-electron chi connectivity index (χ1n) is 6.61. The van der Waals surface area contributed by atoms with Gasteiger partial charge in [0.2, 0.25) is 0 Å². The number of carboxylic acids is 4. The van der Waals surface area contributed by atoms with Crippen LogP contribution in [0.1, 0.15) is 25.7 Å². The van der Waals surface area contributed by atoms with Crippen molar-refractivity contribution in [2.75, 3.05) is 13.2 Å². The van der Waals surface area contributed by atoms with E-state index in [1.807, 2.05) is 0 Å². The summed E-state index contributed by atoms with van der Waals surface area (Å²) >= 11 is 0. The van der Waals surface area contributed by atoms with Gasteiger partial charge in [0.05, 0.1) is 13.2 Å². The van der Waals surface area contributed by atoms with Crippen molar-refractivity contribution < 1.29 is 49.8 Å². The maximum atomic E-state index is 9.99. The molecule has 0 saturated carbocycles. The third-order valence-corrected chi connectivity index (χ3v) is 2.07. The molecule has 142 valence electrons. The van der Waals surface area contributed by atoms with Crippen molar-refractivity contribution in [2.24, 2.45) is 11.5 Å². The van der Waals surface area contributed by atoms with E-state index in [1.165, 1.54) is 0 Å². The molecule has 0 radical (unpaired) electrons. The van der Waals surface area contributed by atoms with Gasteiger partial charge in [0, 0.05) is 12.8 Å². The van der Waals surface area contributed by atoms with E-state index < -0.39 is 36.0 Å². The van der Waals surface area contributed by atoms with Gasteiger partial charge in [-0.15, -0.1) is 0 Å². The van der Waals surface area contributed by atoms with Crippen LogP contribution in [0.2, 0.25) is 0 Å². The highest BCUT2D eigenvalue weighted by molar-refractivity contribution is 5.75. The molecule has 0 spiro atoms. The van der Waals surface area contributed by atoms with Crippen molar-refractivity contribution in [3.05, 3.63) is 0 Å². The number of carbonyl (C=O) groups is 4. The van der Waals surface area contributed by atoms with Gasteiger partial charge in [0.15, 0.2) is 0 Å². The fraction of sp³-hybridized carbons (Fsp3) is 0.667. The minimum absolute atomic E-state index is 0.0231. The molecule has 0 unspecified atom stereocenters. The predicted octanol–water partition coefficient (Wildman–Crippen LogP) is -2.50. The van der Waals surface area contributed by atoms with Crippen molar-refractivity contribution >= 4 is 23.9 Å². The molecule has 0 amide bonds. The van der Waals surface area contributed by atoms with Gasteiger partial charge in [0.1, 0.15) is 12.1 Å². The monoisotopic (exact) mass is 356 g/mol. The highest BCUT2D eigenvalue weighted by atomic mass is 16.4. The van der Waals surface area contributed by atoms with Crippen LogP contribution in [-0.4, -0.2) is 79.8 Å². The Morgan fingerprint density at radius 2 is 0.917 bits per heavy atom. The lowest BCUT2D eigenvalue weighted by molar-refractivity contribution is -0.141.